The lowest BCUT2D eigenvalue weighted by molar-refractivity contribution is -0.384. The van der Waals surface area contributed by atoms with Gasteiger partial charge >= 0.3 is 5.97 Å². The summed E-state index contributed by atoms with van der Waals surface area (Å²) in [4.78, 5) is 21.5. The van der Waals surface area contributed by atoms with Gasteiger partial charge in [-0.25, -0.2) is 13.2 Å². The van der Waals surface area contributed by atoms with Gasteiger partial charge in [-0.2, -0.15) is 0 Å². The molecule has 0 N–H and O–H groups in total. The van der Waals surface area contributed by atoms with E-state index >= 15 is 0 Å². The average Bonchev–Trinajstić information content (AvgIpc) is 2.59. The number of benzene rings is 2. The number of ether oxygens (including phenoxy) is 1. The van der Waals surface area contributed by atoms with Gasteiger partial charge in [0.15, 0.2) is 0 Å². The molecule has 2 aromatic carbocycles. The summed E-state index contributed by atoms with van der Waals surface area (Å²) in [6, 6.07) is 12.9. The molecule has 8 heteroatoms. The fourth-order valence-corrected chi connectivity index (χ4v) is 2.52. The molecule has 0 atom stereocenters. The molecule has 122 valence electrons. The van der Waals surface area contributed by atoms with Gasteiger partial charge in [0.25, 0.3) is 5.69 Å². The molecule has 0 aliphatic rings. The fraction of sp³-hybridized carbons (Fsp3) is 0.0625. The van der Waals surface area contributed by atoms with Crippen LogP contribution in [0.25, 0.3) is 0 Å². The van der Waals surface area contributed by atoms with Crippen molar-refractivity contribution in [2.45, 2.75) is 11.5 Å². The second-order valence-corrected chi connectivity index (χ2v) is 6.23. The van der Waals surface area contributed by atoms with Crippen molar-refractivity contribution in [2.75, 3.05) is 0 Å². The number of sulfone groups is 1. The van der Waals surface area contributed by atoms with Gasteiger partial charge in [0.1, 0.15) is 6.61 Å². The van der Waals surface area contributed by atoms with Crippen molar-refractivity contribution in [3.05, 3.63) is 70.3 Å². The van der Waals surface area contributed by atoms with Crippen LogP contribution >= 0.6 is 0 Å². The van der Waals surface area contributed by atoms with Gasteiger partial charge < -0.3 is 4.74 Å². The Kier molecular flexibility index (Phi) is 5.29. The highest BCUT2D eigenvalue weighted by atomic mass is 32.2. The minimum absolute atomic E-state index is 0.0133. The third-order valence-corrected chi connectivity index (χ3v) is 4.12. The Labute approximate surface area is 138 Å². The predicted octanol–water partition coefficient (Wildman–Crippen LogP) is 2.07. The monoisotopic (exact) mass is 345 g/mol. The van der Waals surface area contributed by atoms with Crippen LogP contribution in [0.2, 0.25) is 0 Å². The molecule has 0 unspecified atom stereocenters. The number of nitro benzene ring substituents is 1. The van der Waals surface area contributed by atoms with E-state index in [-0.39, 0.29) is 17.2 Å². The first-order valence-corrected chi connectivity index (χ1v) is 8.10. The smallest absolute Gasteiger partial charge is 0.385 e. The molecule has 24 heavy (non-hydrogen) atoms. The van der Waals surface area contributed by atoms with E-state index in [1.165, 1.54) is 36.4 Å². The Hall–Kier alpha value is -3.18. The number of carbonyl (C=O) groups is 1. The van der Waals surface area contributed by atoms with Gasteiger partial charge in [-0.3, -0.25) is 10.1 Å². The quantitative estimate of drug-likeness (QED) is 0.276. The van der Waals surface area contributed by atoms with Crippen molar-refractivity contribution in [3.8, 4) is 11.2 Å². The van der Waals surface area contributed by atoms with Crippen LogP contribution in [0.15, 0.2) is 59.5 Å². The normalized spacial score (nSPS) is 10.3. The van der Waals surface area contributed by atoms with E-state index in [4.69, 9.17) is 4.74 Å². The maximum Gasteiger partial charge on any atom is 0.385 e. The number of nitro groups is 1. The first kappa shape index (κ1) is 17.2. The van der Waals surface area contributed by atoms with Crippen molar-refractivity contribution in [1.29, 1.82) is 0 Å². The minimum atomic E-state index is -3.89. The largest absolute Gasteiger partial charge is 0.451 e. The van der Waals surface area contributed by atoms with Gasteiger partial charge in [0, 0.05) is 23.3 Å². The Morgan fingerprint density at radius 1 is 1.08 bits per heavy atom. The minimum Gasteiger partial charge on any atom is -0.451 e. The Morgan fingerprint density at radius 2 is 1.71 bits per heavy atom. The molecule has 0 aliphatic carbocycles. The van der Waals surface area contributed by atoms with Crippen LogP contribution in [0, 0.1) is 21.3 Å². The van der Waals surface area contributed by atoms with Crippen molar-refractivity contribution in [2.24, 2.45) is 0 Å². The van der Waals surface area contributed by atoms with E-state index < -0.39 is 20.7 Å². The van der Waals surface area contributed by atoms with Gasteiger partial charge in [-0.05, 0) is 29.8 Å². The highest BCUT2D eigenvalue weighted by Crippen LogP contribution is 2.12. The van der Waals surface area contributed by atoms with Gasteiger partial charge in [0.2, 0.25) is 9.84 Å². The van der Waals surface area contributed by atoms with E-state index in [1.54, 1.807) is 18.2 Å². The standard InChI is InChI=1S/C16H11NO6S/c18-16(10-11-24(21,22)15-4-2-1-3-5-15)23-12-13-6-8-14(9-7-13)17(19)20/h1-9H,12H2. The van der Waals surface area contributed by atoms with Crippen molar-refractivity contribution < 1.29 is 22.9 Å². The zero-order valence-corrected chi connectivity index (χ0v) is 13.0. The van der Waals surface area contributed by atoms with E-state index in [9.17, 15) is 23.3 Å². The fourth-order valence-electron chi connectivity index (χ4n) is 1.67. The molecule has 0 spiro atoms. The number of carbonyl (C=O) groups excluding carboxylic acids is 1. The summed E-state index contributed by atoms with van der Waals surface area (Å²) >= 11 is 0. The lowest BCUT2D eigenvalue weighted by atomic mass is 10.2. The second-order valence-electron chi connectivity index (χ2n) is 4.54. The number of non-ortho nitro benzene ring substituents is 1. The molecule has 2 aromatic rings. The first-order chi connectivity index (χ1) is 11.4. The van der Waals surface area contributed by atoms with Crippen molar-refractivity contribution in [3.63, 3.8) is 0 Å². The summed E-state index contributed by atoms with van der Waals surface area (Å²) in [6.07, 6.45) is 0. The Bertz CT molecular complexity index is 909. The van der Waals surface area contributed by atoms with Crippen LogP contribution in [0.4, 0.5) is 5.69 Å². The maximum absolute atomic E-state index is 11.9. The van der Waals surface area contributed by atoms with Gasteiger partial charge in [-0.15, -0.1) is 0 Å². The number of rotatable bonds is 4. The molecular weight excluding hydrogens is 334 g/mol. The van der Waals surface area contributed by atoms with E-state index in [0.717, 1.165) is 0 Å². The first-order valence-electron chi connectivity index (χ1n) is 6.61. The molecule has 0 aromatic heterocycles. The highest BCUT2D eigenvalue weighted by molar-refractivity contribution is 7.96. The summed E-state index contributed by atoms with van der Waals surface area (Å²) in [5.41, 5.74) is 0.431. The molecule has 0 fully saturated rings. The number of hydrogen-bond donors (Lipinski definition) is 0. The molecular formula is C16H11NO6S. The zero-order chi connectivity index (χ0) is 17.6. The molecule has 0 bridgehead atoms. The van der Waals surface area contributed by atoms with Crippen LogP contribution in [-0.2, 0) is 26.0 Å². The summed E-state index contributed by atoms with van der Waals surface area (Å²) in [6.45, 7) is -0.170. The molecule has 0 aliphatic heterocycles. The number of nitrogens with zero attached hydrogens (tertiary/aromatic N) is 1. The summed E-state index contributed by atoms with van der Waals surface area (Å²) in [7, 11) is -3.89. The lowest BCUT2D eigenvalue weighted by Crippen LogP contribution is -2.03. The molecule has 0 radical (unpaired) electrons. The van der Waals surface area contributed by atoms with Gasteiger partial charge in [-0.1, -0.05) is 18.2 Å². The van der Waals surface area contributed by atoms with Crippen LogP contribution in [0.1, 0.15) is 5.56 Å². The lowest BCUT2D eigenvalue weighted by Gasteiger charge is -2.00. The zero-order valence-electron chi connectivity index (χ0n) is 12.2. The predicted molar refractivity (Wildman–Crippen MR) is 84.3 cm³/mol. The molecule has 0 heterocycles. The van der Waals surface area contributed by atoms with Crippen molar-refractivity contribution >= 4 is 21.5 Å². The molecule has 0 amide bonds. The number of hydrogen-bond acceptors (Lipinski definition) is 6. The van der Waals surface area contributed by atoms with E-state index in [1.807, 2.05) is 11.2 Å². The van der Waals surface area contributed by atoms with Crippen LogP contribution in [-0.4, -0.2) is 19.3 Å². The average molecular weight is 345 g/mol. The number of esters is 1. The topological polar surface area (TPSA) is 104 Å². The van der Waals surface area contributed by atoms with E-state index in [0.29, 0.717) is 5.56 Å². The molecule has 0 saturated carbocycles. The molecule has 2 rings (SSSR count). The summed E-state index contributed by atoms with van der Waals surface area (Å²) in [5, 5.41) is 12.4. The third kappa shape index (κ3) is 4.66. The van der Waals surface area contributed by atoms with Crippen molar-refractivity contribution in [1.82, 2.24) is 0 Å². The third-order valence-electron chi connectivity index (χ3n) is 2.86. The SMILES string of the molecule is O=C(C#CS(=O)(=O)c1ccccc1)OCc1ccc([N+](=O)[O-])cc1. The molecule has 7 nitrogen and oxygen atoms in total. The maximum atomic E-state index is 11.9. The van der Waals surface area contributed by atoms with Crippen LogP contribution in [0.3, 0.4) is 0 Å². The highest BCUT2D eigenvalue weighted by Gasteiger charge is 2.10. The van der Waals surface area contributed by atoms with Crippen LogP contribution < -0.4 is 0 Å². The second kappa shape index (κ2) is 7.39. The van der Waals surface area contributed by atoms with Gasteiger partial charge in [0.05, 0.1) is 9.82 Å². The van der Waals surface area contributed by atoms with E-state index in [2.05, 4.69) is 0 Å². The molecule has 0 saturated heterocycles. The Morgan fingerprint density at radius 3 is 2.29 bits per heavy atom. The van der Waals surface area contributed by atoms with Crippen LogP contribution in [0.5, 0.6) is 0 Å². The summed E-state index contributed by atoms with van der Waals surface area (Å²) in [5.74, 6) is 0.907. The summed E-state index contributed by atoms with van der Waals surface area (Å²) < 4.78 is 28.5. The Balaban J connectivity index is 1.98.